The summed E-state index contributed by atoms with van der Waals surface area (Å²) < 4.78 is 5.46. The highest BCUT2D eigenvalue weighted by molar-refractivity contribution is 5.53. The zero-order valence-corrected chi connectivity index (χ0v) is 13.8. The summed E-state index contributed by atoms with van der Waals surface area (Å²) >= 11 is 0. The monoisotopic (exact) mass is 300 g/mol. The molecular weight excluding hydrogens is 276 g/mol. The molecule has 0 saturated carbocycles. The van der Waals surface area contributed by atoms with Crippen molar-refractivity contribution in [3.05, 3.63) is 35.7 Å². The number of likely N-dealkylation sites (N-methyl/N-ethyl adjacent to an activating group) is 1. The van der Waals surface area contributed by atoms with E-state index in [0.717, 1.165) is 31.0 Å². The van der Waals surface area contributed by atoms with Gasteiger partial charge in [-0.1, -0.05) is 38.1 Å². The van der Waals surface area contributed by atoms with Crippen LogP contribution in [0.2, 0.25) is 0 Å². The Morgan fingerprint density at radius 3 is 2.59 bits per heavy atom. The third kappa shape index (κ3) is 3.05. The predicted molar refractivity (Wildman–Crippen MR) is 86.7 cm³/mol. The Morgan fingerprint density at radius 1 is 1.23 bits per heavy atom. The minimum atomic E-state index is 0.148. The van der Waals surface area contributed by atoms with Gasteiger partial charge in [0, 0.05) is 25.2 Å². The lowest BCUT2D eigenvalue weighted by atomic mass is 9.87. The van der Waals surface area contributed by atoms with Crippen molar-refractivity contribution < 1.29 is 4.52 Å². The maximum absolute atomic E-state index is 5.46. The van der Waals surface area contributed by atoms with Crippen LogP contribution >= 0.6 is 0 Å². The number of benzene rings is 1. The van der Waals surface area contributed by atoms with Gasteiger partial charge in [-0.15, -0.1) is 0 Å². The molecule has 1 aliphatic rings. The average Bonchev–Trinajstić information content (AvgIpc) is 2.96. The zero-order valence-electron chi connectivity index (χ0n) is 13.8. The summed E-state index contributed by atoms with van der Waals surface area (Å²) in [5.41, 5.74) is 2.42. The standard InChI is InChI=1S/C17H24N4O/c1-17(2,3)13-7-5-12(6-8-13)16-19-15(20-22-16)14-11-18-9-10-21(14)4/h5-8,14,18H,9-11H2,1-4H3. The van der Waals surface area contributed by atoms with Crippen LogP contribution in [0.1, 0.15) is 38.2 Å². The number of nitrogens with one attached hydrogen (secondary N) is 1. The van der Waals surface area contributed by atoms with E-state index in [9.17, 15) is 0 Å². The van der Waals surface area contributed by atoms with Gasteiger partial charge < -0.3 is 9.84 Å². The van der Waals surface area contributed by atoms with E-state index in [0.29, 0.717) is 5.89 Å². The molecule has 2 aromatic rings. The molecule has 1 fully saturated rings. The van der Waals surface area contributed by atoms with Gasteiger partial charge >= 0.3 is 0 Å². The number of aromatic nitrogens is 2. The summed E-state index contributed by atoms with van der Waals surface area (Å²) in [6, 6.07) is 8.56. The minimum Gasteiger partial charge on any atom is -0.334 e. The molecular formula is C17H24N4O. The maximum atomic E-state index is 5.46. The van der Waals surface area contributed by atoms with Crippen LogP contribution in [0.4, 0.5) is 0 Å². The van der Waals surface area contributed by atoms with Gasteiger partial charge in [-0.3, -0.25) is 4.90 Å². The van der Waals surface area contributed by atoms with E-state index in [4.69, 9.17) is 4.52 Å². The molecule has 0 spiro atoms. The first-order valence-electron chi connectivity index (χ1n) is 7.80. The molecule has 1 saturated heterocycles. The Balaban J connectivity index is 1.81. The van der Waals surface area contributed by atoms with Crippen LogP contribution in [-0.2, 0) is 5.41 Å². The molecule has 118 valence electrons. The van der Waals surface area contributed by atoms with Gasteiger partial charge in [-0.25, -0.2) is 0 Å². The van der Waals surface area contributed by atoms with Crippen molar-refractivity contribution in [1.82, 2.24) is 20.4 Å². The van der Waals surface area contributed by atoms with Crippen molar-refractivity contribution in [1.29, 1.82) is 0 Å². The normalized spacial score (nSPS) is 20.3. The first kappa shape index (κ1) is 15.2. The van der Waals surface area contributed by atoms with Gasteiger partial charge in [0.1, 0.15) is 0 Å². The van der Waals surface area contributed by atoms with Crippen LogP contribution in [0.3, 0.4) is 0 Å². The van der Waals surface area contributed by atoms with Crippen LogP contribution in [0.5, 0.6) is 0 Å². The first-order chi connectivity index (χ1) is 10.4. The second kappa shape index (κ2) is 5.82. The van der Waals surface area contributed by atoms with Crippen molar-refractivity contribution in [2.45, 2.75) is 32.2 Å². The van der Waals surface area contributed by atoms with Gasteiger partial charge in [-0.05, 0) is 30.2 Å². The molecule has 1 aliphatic heterocycles. The molecule has 1 unspecified atom stereocenters. The van der Waals surface area contributed by atoms with Gasteiger partial charge in [0.05, 0.1) is 6.04 Å². The molecule has 2 heterocycles. The van der Waals surface area contributed by atoms with Gasteiger partial charge in [0.2, 0.25) is 0 Å². The summed E-state index contributed by atoms with van der Waals surface area (Å²) in [5.74, 6) is 1.35. The molecule has 0 bridgehead atoms. The number of rotatable bonds is 2. The summed E-state index contributed by atoms with van der Waals surface area (Å²) in [6.07, 6.45) is 0. The maximum Gasteiger partial charge on any atom is 0.257 e. The van der Waals surface area contributed by atoms with E-state index in [1.54, 1.807) is 0 Å². The highest BCUT2D eigenvalue weighted by atomic mass is 16.5. The summed E-state index contributed by atoms with van der Waals surface area (Å²) in [5, 5.41) is 7.54. The Hall–Kier alpha value is -1.72. The fourth-order valence-electron chi connectivity index (χ4n) is 2.69. The fourth-order valence-corrected chi connectivity index (χ4v) is 2.69. The minimum absolute atomic E-state index is 0.148. The molecule has 1 aromatic carbocycles. The van der Waals surface area contributed by atoms with E-state index < -0.39 is 0 Å². The van der Waals surface area contributed by atoms with Crippen LogP contribution in [0.15, 0.2) is 28.8 Å². The van der Waals surface area contributed by atoms with Crippen molar-refractivity contribution in [3.8, 4) is 11.5 Å². The number of piperazine rings is 1. The molecule has 1 atom stereocenters. The second-order valence-corrected chi connectivity index (χ2v) is 6.99. The summed E-state index contributed by atoms with van der Waals surface area (Å²) in [7, 11) is 2.10. The largest absolute Gasteiger partial charge is 0.334 e. The summed E-state index contributed by atoms with van der Waals surface area (Å²) in [4.78, 5) is 6.84. The van der Waals surface area contributed by atoms with Crippen molar-refractivity contribution in [3.63, 3.8) is 0 Å². The molecule has 1 N–H and O–H groups in total. The number of hydrogen-bond donors (Lipinski definition) is 1. The molecule has 5 heteroatoms. The Bertz CT molecular complexity index is 627. The Kier molecular flexibility index (Phi) is 4.02. The molecule has 0 aliphatic carbocycles. The fraction of sp³-hybridized carbons (Fsp3) is 0.529. The topological polar surface area (TPSA) is 54.2 Å². The van der Waals surface area contributed by atoms with Gasteiger partial charge in [0.15, 0.2) is 5.82 Å². The van der Waals surface area contributed by atoms with E-state index in [2.05, 4.69) is 72.4 Å². The smallest absolute Gasteiger partial charge is 0.257 e. The van der Waals surface area contributed by atoms with Crippen LogP contribution in [0, 0.1) is 0 Å². The van der Waals surface area contributed by atoms with E-state index >= 15 is 0 Å². The molecule has 5 nitrogen and oxygen atoms in total. The Labute approximate surface area is 131 Å². The SMILES string of the molecule is CN1CCNCC1c1noc(-c2ccc(C(C)(C)C)cc2)n1. The highest BCUT2D eigenvalue weighted by Crippen LogP contribution is 2.26. The quantitative estimate of drug-likeness (QED) is 0.924. The highest BCUT2D eigenvalue weighted by Gasteiger charge is 2.25. The van der Waals surface area contributed by atoms with Gasteiger partial charge in [0.25, 0.3) is 5.89 Å². The Morgan fingerprint density at radius 2 is 1.95 bits per heavy atom. The van der Waals surface area contributed by atoms with E-state index in [-0.39, 0.29) is 11.5 Å². The van der Waals surface area contributed by atoms with Gasteiger partial charge in [-0.2, -0.15) is 4.98 Å². The molecule has 0 radical (unpaired) electrons. The van der Waals surface area contributed by atoms with Crippen molar-refractivity contribution in [2.24, 2.45) is 0 Å². The van der Waals surface area contributed by atoms with Crippen LogP contribution < -0.4 is 5.32 Å². The van der Waals surface area contributed by atoms with Crippen molar-refractivity contribution in [2.75, 3.05) is 26.7 Å². The van der Waals surface area contributed by atoms with Crippen LogP contribution in [-0.4, -0.2) is 41.7 Å². The van der Waals surface area contributed by atoms with Crippen molar-refractivity contribution >= 4 is 0 Å². The number of hydrogen-bond acceptors (Lipinski definition) is 5. The summed E-state index contributed by atoms with van der Waals surface area (Å²) in [6.45, 7) is 9.48. The lowest BCUT2D eigenvalue weighted by molar-refractivity contribution is 0.190. The van der Waals surface area contributed by atoms with E-state index in [1.807, 2.05) is 0 Å². The zero-order chi connectivity index (χ0) is 15.7. The van der Waals surface area contributed by atoms with Crippen LogP contribution in [0.25, 0.3) is 11.5 Å². The lowest BCUT2D eigenvalue weighted by Crippen LogP contribution is -2.44. The third-order valence-electron chi connectivity index (χ3n) is 4.25. The predicted octanol–water partition coefficient (Wildman–Crippen LogP) is 2.61. The molecule has 1 aromatic heterocycles. The average molecular weight is 300 g/mol. The molecule has 22 heavy (non-hydrogen) atoms. The molecule has 3 rings (SSSR count). The second-order valence-electron chi connectivity index (χ2n) is 6.99. The third-order valence-corrected chi connectivity index (χ3v) is 4.25. The first-order valence-corrected chi connectivity index (χ1v) is 7.80. The molecule has 0 amide bonds. The number of nitrogens with zero attached hydrogens (tertiary/aromatic N) is 3. The van der Waals surface area contributed by atoms with E-state index in [1.165, 1.54) is 5.56 Å². The lowest BCUT2D eigenvalue weighted by Gasteiger charge is -2.30.